The van der Waals surface area contributed by atoms with Crippen LogP contribution in [0.3, 0.4) is 0 Å². The van der Waals surface area contributed by atoms with Crippen LogP contribution in [0.2, 0.25) is 0 Å². The van der Waals surface area contributed by atoms with Crippen LogP contribution < -0.4 is 21.3 Å². The number of hydrogen-bond donors (Lipinski definition) is 4. The van der Waals surface area contributed by atoms with Gasteiger partial charge in [0, 0.05) is 51.4 Å². The van der Waals surface area contributed by atoms with E-state index in [1.165, 1.54) is 64.2 Å². The predicted molar refractivity (Wildman–Crippen MR) is 246 cm³/mol. The van der Waals surface area contributed by atoms with Gasteiger partial charge in [-0.1, -0.05) is 96.8 Å². The highest BCUT2D eigenvalue weighted by atomic mass is 16.6. The standard InChI is InChI=1S/C48H90N4O10/c1-39(40(2)53)31-35-59-37-38-60-36-34-51-46(58)50-33-26-25-32-49-42(54)30-29-41(45(57)62-48(6,7)8)52-43(55)27-23-21-19-17-15-13-11-9-10-12-14-16-18-20-22-24-28-44(56)61-47(3,4)5/h39,41H,9-38H2,1-8H3,(H,49,54)(H,52,55)(H2,50,51,58)/t39?,41-/m0/s1. The molecule has 4 amide bonds. The number of urea groups is 1. The second-order valence-electron chi connectivity index (χ2n) is 18.7. The van der Waals surface area contributed by atoms with Crippen LogP contribution in [0.25, 0.3) is 0 Å². The van der Waals surface area contributed by atoms with Crippen molar-refractivity contribution in [1.29, 1.82) is 0 Å². The van der Waals surface area contributed by atoms with Gasteiger partial charge in [-0.05, 0) is 87.0 Å². The summed E-state index contributed by atoms with van der Waals surface area (Å²) in [5.41, 5.74) is -1.12. The van der Waals surface area contributed by atoms with Crippen LogP contribution in [0.4, 0.5) is 4.79 Å². The summed E-state index contributed by atoms with van der Waals surface area (Å²) in [7, 11) is 0. The average Bonchev–Trinajstić information content (AvgIpc) is 3.18. The van der Waals surface area contributed by atoms with Crippen molar-refractivity contribution < 1.29 is 47.7 Å². The number of ketones is 1. The molecule has 14 nitrogen and oxygen atoms in total. The van der Waals surface area contributed by atoms with E-state index < -0.39 is 23.2 Å². The van der Waals surface area contributed by atoms with E-state index in [0.717, 1.165) is 38.5 Å². The normalized spacial score (nSPS) is 12.6. The number of nitrogens with one attached hydrogen (secondary N) is 4. The summed E-state index contributed by atoms with van der Waals surface area (Å²) in [4.78, 5) is 73.3. The van der Waals surface area contributed by atoms with Crippen molar-refractivity contribution in [3.63, 3.8) is 0 Å². The molecule has 14 heteroatoms. The molecule has 0 radical (unpaired) electrons. The molecule has 0 aliphatic rings. The molecule has 0 spiro atoms. The van der Waals surface area contributed by atoms with Gasteiger partial charge in [0.2, 0.25) is 11.8 Å². The summed E-state index contributed by atoms with van der Waals surface area (Å²) in [6.45, 7) is 17.5. The van der Waals surface area contributed by atoms with Gasteiger partial charge in [0.1, 0.15) is 23.0 Å². The Kier molecular flexibility index (Phi) is 35.2. The zero-order chi connectivity index (χ0) is 46.5. The Bertz CT molecular complexity index is 1220. The van der Waals surface area contributed by atoms with Gasteiger partial charge in [-0.2, -0.15) is 0 Å². The minimum Gasteiger partial charge on any atom is -0.460 e. The highest BCUT2D eigenvalue weighted by molar-refractivity contribution is 5.85. The summed E-state index contributed by atoms with van der Waals surface area (Å²) in [6.07, 6.45) is 21.7. The lowest BCUT2D eigenvalue weighted by Crippen LogP contribution is -2.44. The molecule has 0 aliphatic heterocycles. The minimum atomic E-state index is -0.899. The fourth-order valence-electron chi connectivity index (χ4n) is 6.44. The van der Waals surface area contributed by atoms with Crippen LogP contribution in [0.15, 0.2) is 0 Å². The van der Waals surface area contributed by atoms with Crippen LogP contribution >= 0.6 is 0 Å². The van der Waals surface area contributed by atoms with Gasteiger partial charge in [-0.3, -0.25) is 19.2 Å². The molecule has 0 fully saturated rings. The van der Waals surface area contributed by atoms with Crippen LogP contribution in [0.1, 0.15) is 203 Å². The highest BCUT2D eigenvalue weighted by Gasteiger charge is 2.27. The number of amides is 4. The molecule has 0 aromatic rings. The summed E-state index contributed by atoms with van der Waals surface area (Å²) < 4.78 is 21.8. The number of unbranched alkanes of at least 4 members (excludes halogenated alkanes) is 16. The average molecular weight is 883 g/mol. The first kappa shape index (κ1) is 58.7. The van der Waals surface area contributed by atoms with Crippen molar-refractivity contribution in [3.05, 3.63) is 0 Å². The monoisotopic (exact) mass is 883 g/mol. The maximum Gasteiger partial charge on any atom is 0.329 e. The number of ether oxygens (including phenoxy) is 4. The first-order chi connectivity index (χ1) is 29.4. The van der Waals surface area contributed by atoms with Gasteiger partial charge >= 0.3 is 18.0 Å². The smallest absolute Gasteiger partial charge is 0.329 e. The second-order valence-corrected chi connectivity index (χ2v) is 18.7. The molecule has 0 heterocycles. The lowest BCUT2D eigenvalue weighted by Gasteiger charge is -2.24. The van der Waals surface area contributed by atoms with Gasteiger partial charge in [0.05, 0.1) is 19.8 Å². The molecule has 0 bridgehead atoms. The molecule has 0 rings (SSSR count). The van der Waals surface area contributed by atoms with Crippen molar-refractivity contribution in [2.24, 2.45) is 5.92 Å². The molecule has 4 N–H and O–H groups in total. The Balaban J connectivity index is 3.98. The van der Waals surface area contributed by atoms with E-state index in [-0.39, 0.29) is 48.4 Å². The van der Waals surface area contributed by atoms with Crippen molar-refractivity contribution in [2.75, 3.05) is 46.1 Å². The van der Waals surface area contributed by atoms with E-state index in [1.54, 1.807) is 27.7 Å². The first-order valence-electron chi connectivity index (χ1n) is 24.1. The van der Waals surface area contributed by atoms with E-state index in [9.17, 15) is 28.8 Å². The lowest BCUT2D eigenvalue weighted by molar-refractivity contribution is -0.159. The van der Waals surface area contributed by atoms with Gasteiger partial charge in [-0.15, -0.1) is 0 Å². The number of rotatable bonds is 39. The molecule has 0 aliphatic carbocycles. The molecular formula is C48H90N4O10. The van der Waals surface area contributed by atoms with Crippen molar-refractivity contribution in [1.82, 2.24) is 21.3 Å². The van der Waals surface area contributed by atoms with E-state index in [1.807, 2.05) is 27.7 Å². The molecule has 0 saturated heterocycles. The van der Waals surface area contributed by atoms with Gasteiger partial charge in [0.25, 0.3) is 0 Å². The topological polar surface area (TPSA) is 187 Å². The number of carbonyl (C=O) groups is 6. The van der Waals surface area contributed by atoms with Crippen molar-refractivity contribution in [2.45, 2.75) is 220 Å². The Morgan fingerprint density at radius 3 is 1.42 bits per heavy atom. The third kappa shape index (κ3) is 40.8. The predicted octanol–water partition coefficient (Wildman–Crippen LogP) is 8.80. The maximum atomic E-state index is 12.9. The number of Topliss-reactive ketones (excluding diaryl/α,β-unsaturated/α-hetero) is 1. The van der Waals surface area contributed by atoms with Crippen LogP contribution in [0, 0.1) is 5.92 Å². The molecule has 0 saturated carbocycles. The van der Waals surface area contributed by atoms with Crippen LogP contribution in [-0.2, 0) is 42.9 Å². The Morgan fingerprint density at radius 1 is 0.468 bits per heavy atom. The molecular weight excluding hydrogens is 793 g/mol. The zero-order valence-electron chi connectivity index (χ0n) is 40.5. The summed E-state index contributed by atoms with van der Waals surface area (Å²) in [5, 5.41) is 11.2. The quantitative estimate of drug-likeness (QED) is 0.0343. The highest BCUT2D eigenvalue weighted by Crippen LogP contribution is 2.16. The molecule has 0 aromatic heterocycles. The summed E-state index contributed by atoms with van der Waals surface area (Å²) in [6, 6.07) is -1.19. The summed E-state index contributed by atoms with van der Waals surface area (Å²) >= 11 is 0. The number of hydrogen-bond acceptors (Lipinski definition) is 10. The Labute approximate surface area is 376 Å². The third-order valence-electron chi connectivity index (χ3n) is 10.1. The molecule has 362 valence electrons. The molecule has 62 heavy (non-hydrogen) atoms. The maximum absolute atomic E-state index is 12.9. The van der Waals surface area contributed by atoms with Crippen molar-refractivity contribution >= 4 is 35.6 Å². The molecule has 1 unspecified atom stereocenters. The van der Waals surface area contributed by atoms with E-state index in [0.29, 0.717) is 78.2 Å². The minimum absolute atomic E-state index is 0.00277. The fraction of sp³-hybridized carbons (Fsp3) is 0.875. The molecule has 2 atom stereocenters. The summed E-state index contributed by atoms with van der Waals surface area (Å²) in [5.74, 6) is -0.901. The number of carbonyl (C=O) groups excluding carboxylic acids is 6. The van der Waals surface area contributed by atoms with E-state index in [4.69, 9.17) is 18.9 Å². The number of esters is 2. The lowest BCUT2D eigenvalue weighted by atomic mass is 10.0. The Morgan fingerprint density at radius 2 is 0.919 bits per heavy atom. The fourth-order valence-corrected chi connectivity index (χ4v) is 6.44. The third-order valence-corrected chi connectivity index (χ3v) is 10.1. The van der Waals surface area contributed by atoms with Crippen molar-refractivity contribution in [3.8, 4) is 0 Å². The zero-order valence-corrected chi connectivity index (χ0v) is 40.5. The van der Waals surface area contributed by atoms with Gasteiger partial charge in [-0.25, -0.2) is 9.59 Å². The van der Waals surface area contributed by atoms with E-state index >= 15 is 0 Å². The van der Waals surface area contributed by atoms with E-state index in [2.05, 4.69) is 21.3 Å². The molecule has 0 aromatic carbocycles. The first-order valence-corrected chi connectivity index (χ1v) is 24.1. The van der Waals surface area contributed by atoms with Gasteiger partial charge in [0.15, 0.2) is 0 Å². The Hall–Kier alpha value is -3.26. The SMILES string of the molecule is CC(=O)C(C)CCOCCOCCNC(=O)NCCCCNC(=O)CC[C@H](NC(=O)CCCCCCCCCCCCCCCCCCC(=O)OC(C)(C)C)C(=O)OC(C)(C)C. The van der Waals surface area contributed by atoms with Gasteiger partial charge < -0.3 is 40.2 Å². The van der Waals surface area contributed by atoms with Crippen LogP contribution in [-0.4, -0.2) is 98.9 Å². The van der Waals surface area contributed by atoms with Crippen LogP contribution in [0.5, 0.6) is 0 Å². The second kappa shape index (κ2) is 37.1. The largest absolute Gasteiger partial charge is 0.460 e.